The van der Waals surface area contributed by atoms with Crippen molar-refractivity contribution < 1.29 is 4.79 Å². The molecule has 1 aliphatic heterocycles. The second-order valence-electron chi connectivity index (χ2n) is 9.39. The van der Waals surface area contributed by atoms with Crippen LogP contribution in [0.3, 0.4) is 0 Å². The van der Waals surface area contributed by atoms with Crippen molar-refractivity contribution in [3.8, 4) is 0 Å². The summed E-state index contributed by atoms with van der Waals surface area (Å²) in [5, 5.41) is 1.28. The van der Waals surface area contributed by atoms with Gasteiger partial charge in [-0.3, -0.25) is 4.79 Å². The molecule has 2 atom stereocenters. The number of fused-ring (bicyclic) bond motifs is 3. The quantitative estimate of drug-likeness (QED) is 0.544. The van der Waals surface area contributed by atoms with E-state index < -0.39 is 0 Å². The highest BCUT2D eigenvalue weighted by Gasteiger charge is 2.29. The Morgan fingerprint density at radius 2 is 1.91 bits per heavy atom. The average Bonchev–Trinajstić information content (AvgIpc) is 3.20. The van der Waals surface area contributed by atoms with Crippen molar-refractivity contribution in [2.24, 2.45) is 5.92 Å². The Labute approximate surface area is 194 Å². The molecule has 1 amide bonds. The van der Waals surface area contributed by atoms with E-state index in [0.29, 0.717) is 5.92 Å². The Kier molecular flexibility index (Phi) is 5.89. The van der Waals surface area contributed by atoms with Gasteiger partial charge in [0.1, 0.15) is 16.5 Å². The van der Waals surface area contributed by atoms with Gasteiger partial charge in [-0.25, -0.2) is 9.97 Å². The molecule has 2 aliphatic rings. The van der Waals surface area contributed by atoms with Gasteiger partial charge in [-0.05, 0) is 49.3 Å². The number of anilines is 1. The summed E-state index contributed by atoms with van der Waals surface area (Å²) in [7, 11) is 0. The van der Waals surface area contributed by atoms with Gasteiger partial charge in [-0.1, -0.05) is 39.0 Å². The lowest BCUT2D eigenvalue weighted by Gasteiger charge is -2.36. The molecule has 0 saturated carbocycles. The molecule has 2 aromatic heterocycles. The molecule has 0 unspecified atom stereocenters. The van der Waals surface area contributed by atoms with Crippen LogP contribution in [-0.2, 0) is 12.8 Å². The van der Waals surface area contributed by atoms with E-state index in [0.717, 1.165) is 73.4 Å². The topological polar surface area (TPSA) is 49.3 Å². The van der Waals surface area contributed by atoms with Crippen molar-refractivity contribution in [1.29, 1.82) is 0 Å². The number of piperazine rings is 1. The van der Waals surface area contributed by atoms with E-state index in [1.165, 1.54) is 22.2 Å². The minimum absolute atomic E-state index is 0.125. The molecular weight excluding hydrogens is 416 g/mol. The molecule has 3 aromatic rings. The maximum absolute atomic E-state index is 12.9. The van der Waals surface area contributed by atoms with E-state index in [2.05, 4.69) is 25.7 Å². The lowest BCUT2D eigenvalue weighted by Crippen LogP contribution is -2.49. The summed E-state index contributed by atoms with van der Waals surface area (Å²) in [5.41, 5.74) is 2.25. The highest BCUT2D eigenvalue weighted by Crippen LogP contribution is 2.41. The van der Waals surface area contributed by atoms with Crippen molar-refractivity contribution in [2.75, 3.05) is 31.1 Å². The number of hydrogen-bond acceptors (Lipinski definition) is 5. The van der Waals surface area contributed by atoms with E-state index in [1.54, 1.807) is 0 Å². The van der Waals surface area contributed by atoms with E-state index in [1.807, 2.05) is 46.6 Å². The third-order valence-electron chi connectivity index (χ3n) is 7.09. The SMILES string of the molecule is CC[C@H](C)c1nc(N2CCN(C(=O)c3ccccc3)CC2)c2c3c(sc2n1)C[C@H](C)CC3. The average molecular weight is 449 g/mol. The van der Waals surface area contributed by atoms with Gasteiger partial charge >= 0.3 is 0 Å². The molecule has 5 nitrogen and oxygen atoms in total. The van der Waals surface area contributed by atoms with Gasteiger partial charge in [-0.2, -0.15) is 0 Å². The summed E-state index contributed by atoms with van der Waals surface area (Å²) in [4.78, 5) is 30.1. The zero-order valence-corrected chi connectivity index (χ0v) is 20.1. The lowest BCUT2D eigenvalue weighted by molar-refractivity contribution is 0.0746. The number of carbonyl (C=O) groups excluding carboxylic acids is 1. The maximum Gasteiger partial charge on any atom is 0.253 e. The molecule has 0 radical (unpaired) electrons. The van der Waals surface area contributed by atoms with Gasteiger partial charge in [-0.15, -0.1) is 11.3 Å². The van der Waals surface area contributed by atoms with Gasteiger partial charge in [0, 0.05) is 42.5 Å². The Balaban J connectivity index is 1.46. The van der Waals surface area contributed by atoms with Gasteiger partial charge in [0.25, 0.3) is 5.91 Å². The fraction of sp³-hybridized carbons (Fsp3) is 0.500. The largest absolute Gasteiger partial charge is 0.352 e. The summed E-state index contributed by atoms with van der Waals surface area (Å²) in [6.45, 7) is 9.84. The first-order valence-electron chi connectivity index (χ1n) is 12.0. The number of carbonyl (C=O) groups is 1. The van der Waals surface area contributed by atoms with Crippen LogP contribution < -0.4 is 4.90 Å². The van der Waals surface area contributed by atoms with Crippen molar-refractivity contribution in [1.82, 2.24) is 14.9 Å². The third kappa shape index (κ3) is 3.90. The molecular formula is C26H32N4OS. The minimum Gasteiger partial charge on any atom is -0.352 e. The smallest absolute Gasteiger partial charge is 0.253 e. The number of aromatic nitrogens is 2. The summed E-state index contributed by atoms with van der Waals surface area (Å²) in [5.74, 6) is 3.28. The van der Waals surface area contributed by atoms with Gasteiger partial charge in [0.2, 0.25) is 0 Å². The first kappa shape index (κ1) is 21.4. The number of amides is 1. The van der Waals surface area contributed by atoms with Gasteiger partial charge in [0.05, 0.1) is 5.39 Å². The summed E-state index contributed by atoms with van der Waals surface area (Å²) in [6.07, 6.45) is 4.56. The number of aryl methyl sites for hydroxylation is 1. The van der Waals surface area contributed by atoms with Crippen LogP contribution in [0.25, 0.3) is 10.2 Å². The van der Waals surface area contributed by atoms with Crippen LogP contribution in [0.5, 0.6) is 0 Å². The number of benzene rings is 1. The Morgan fingerprint density at radius 3 is 2.62 bits per heavy atom. The highest BCUT2D eigenvalue weighted by molar-refractivity contribution is 7.19. The Morgan fingerprint density at radius 1 is 1.16 bits per heavy atom. The molecule has 168 valence electrons. The van der Waals surface area contributed by atoms with Crippen molar-refractivity contribution in [3.63, 3.8) is 0 Å². The molecule has 1 fully saturated rings. The molecule has 32 heavy (non-hydrogen) atoms. The second kappa shape index (κ2) is 8.81. The Hall–Kier alpha value is -2.47. The lowest BCUT2D eigenvalue weighted by atomic mass is 9.89. The standard InChI is InChI=1S/C26H32N4OS/c1-4-18(3)23-27-24(22-20-11-10-17(2)16-21(20)32-25(22)28-23)29-12-14-30(15-13-29)26(31)19-8-6-5-7-9-19/h5-9,17-18H,4,10-16H2,1-3H3/t17-,18+/m1/s1. The van der Waals surface area contributed by atoms with E-state index in [9.17, 15) is 4.79 Å². The van der Waals surface area contributed by atoms with Crippen LogP contribution in [0.1, 0.15) is 66.2 Å². The molecule has 0 spiro atoms. The van der Waals surface area contributed by atoms with Gasteiger partial charge < -0.3 is 9.80 Å². The molecule has 1 saturated heterocycles. The van der Waals surface area contributed by atoms with Crippen molar-refractivity contribution >= 4 is 33.3 Å². The van der Waals surface area contributed by atoms with Crippen LogP contribution in [0.15, 0.2) is 30.3 Å². The molecule has 3 heterocycles. The first-order valence-corrected chi connectivity index (χ1v) is 12.8. The maximum atomic E-state index is 12.9. The zero-order valence-electron chi connectivity index (χ0n) is 19.3. The zero-order chi connectivity index (χ0) is 22.2. The molecule has 5 rings (SSSR count). The number of thiophene rings is 1. The van der Waals surface area contributed by atoms with E-state index >= 15 is 0 Å². The molecule has 0 N–H and O–H groups in total. The van der Waals surface area contributed by atoms with Gasteiger partial charge in [0.15, 0.2) is 0 Å². The van der Waals surface area contributed by atoms with Crippen LogP contribution in [-0.4, -0.2) is 47.0 Å². The van der Waals surface area contributed by atoms with Crippen LogP contribution in [0.2, 0.25) is 0 Å². The highest BCUT2D eigenvalue weighted by atomic mass is 32.1. The Bertz CT molecular complexity index is 1120. The fourth-order valence-corrected chi connectivity index (χ4v) is 6.24. The summed E-state index contributed by atoms with van der Waals surface area (Å²) in [6, 6.07) is 9.61. The molecule has 0 bridgehead atoms. The number of nitrogens with zero attached hydrogens (tertiary/aromatic N) is 4. The van der Waals surface area contributed by atoms with Crippen LogP contribution in [0.4, 0.5) is 5.82 Å². The van der Waals surface area contributed by atoms with Crippen molar-refractivity contribution in [3.05, 3.63) is 52.2 Å². The predicted molar refractivity (Wildman–Crippen MR) is 132 cm³/mol. The summed E-state index contributed by atoms with van der Waals surface area (Å²) < 4.78 is 0. The normalized spacial score (nSPS) is 19.8. The fourth-order valence-electron chi connectivity index (χ4n) is 4.86. The molecule has 6 heteroatoms. The number of hydrogen-bond donors (Lipinski definition) is 0. The molecule has 1 aliphatic carbocycles. The predicted octanol–water partition coefficient (Wildman–Crippen LogP) is 5.29. The van der Waals surface area contributed by atoms with E-state index in [-0.39, 0.29) is 5.91 Å². The van der Waals surface area contributed by atoms with Crippen LogP contribution >= 0.6 is 11.3 Å². The molecule has 1 aromatic carbocycles. The minimum atomic E-state index is 0.125. The summed E-state index contributed by atoms with van der Waals surface area (Å²) >= 11 is 1.88. The second-order valence-corrected chi connectivity index (χ2v) is 10.5. The first-order chi connectivity index (χ1) is 15.5. The number of rotatable bonds is 4. The monoisotopic (exact) mass is 448 g/mol. The third-order valence-corrected chi connectivity index (χ3v) is 8.24. The van der Waals surface area contributed by atoms with Crippen molar-refractivity contribution in [2.45, 2.75) is 52.4 Å². The van der Waals surface area contributed by atoms with E-state index in [4.69, 9.17) is 9.97 Å². The van der Waals surface area contributed by atoms with Crippen LogP contribution in [0, 0.1) is 5.92 Å².